The molecule has 3 aromatic rings. The van der Waals surface area contributed by atoms with Crippen molar-refractivity contribution in [2.75, 3.05) is 7.05 Å². The number of para-hydroxylation sites is 1. The number of aryl methyl sites for hydroxylation is 1. The van der Waals surface area contributed by atoms with E-state index in [1.807, 2.05) is 56.4 Å². The van der Waals surface area contributed by atoms with E-state index in [1.54, 1.807) is 16.2 Å². The van der Waals surface area contributed by atoms with Crippen molar-refractivity contribution in [2.45, 2.75) is 19.9 Å². The van der Waals surface area contributed by atoms with E-state index < -0.39 is 0 Å². The zero-order valence-electron chi connectivity index (χ0n) is 12.7. The van der Waals surface area contributed by atoms with Crippen molar-refractivity contribution in [2.24, 2.45) is 0 Å². The summed E-state index contributed by atoms with van der Waals surface area (Å²) in [7, 11) is 1.84. The maximum absolute atomic E-state index is 12.4. The lowest BCUT2D eigenvalue weighted by atomic mass is 10.1. The van der Waals surface area contributed by atoms with Gasteiger partial charge in [-0.25, -0.2) is 4.98 Å². The minimum Gasteiger partial charge on any atom is -0.339 e. The zero-order valence-corrected chi connectivity index (χ0v) is 13.6. The molecule has 3 nitrogen and oxygen atoms in total. The highest BCUT2D eigenvalue weighted by Crippen LogP contribution is 2.22. The van der Waals surface area contributed by atoms with Crippen LogP contribution < -0.4 is 0 Å². The van der Waals surface area contributed by atoms with Crippen molar-refractivity contribution in [3.8, 4) is 0 Å². The van der Waals surface area contributed by atoms with Crippen molar-refractivity contribution >= 4 is 27.5 Å². The highest BCUT2D eigenvalue weighted by molar-refractivity contribution is 7.18. The van der Waals surface area contributed by atoms with Crippen molar-refractivity contribution in [3.05, 3.63) is 64.7 Å². The van der Waals surface area contributed by atoms with Gasteiger partial charge in [-0.1, -0.05) is 36.4 Å². The van der Waals surface area contributed by atoms with Gasteiger partial charge < -0.3 is 4.90 Å². The molecular weight excluding hydrogens is 292 g/mol. The van der Waals surface area contributed by atoms with Crippen LogP contribution in [0.4, 0.5) is 0 Å². The average molecular weight is 310 g/mol. The summed E-state index contributed by atoms with van der Waals surface area (Å²) in [6.07, 6.45) is 0.439. The van der Waals surface area contributed by atoms with Crippen LogP contribution in [0.1, 0.15) is 16.1 Å². The molecule has 0 saturated carbocycles. The van der Waals surface area contributed by atoms with Gasteiger partial charge in [0.15, 0.2) is 0 Å². The molecule has 0 N–H and O–H groups in total. The van der Waals surface area contributed by atoms with E-state index in [-0.39, 0.29) is 5.91 Å². The van der Waals surface area contributed by atoms with E-state index in [9.17, 15) is 4.79 Å². The van der Waals surface area contributed by atoms with Crippen LogP contribution in [0.2, 0.25) is 0 Å². The van der Waals surface area contributed by atoms with Gasteiger partial charge in [0.2, 0.25) is 5.91 Å². The number of hydrogen-bond acceptors (Lipinski definition) is 3. The third-order valence-corrected chi connectivity index (χ3v) is 4.76. The van der Waals surface area contributed by atoms with Crippen LogP contribution in [0.25, 0.3) is 10.2 Å². The number of carbonyl (C=O) groups excluding carboxylic acids is 1. The maximum Gasteiger partial charge on any atom is 0.227 e. The highest BCUT2D eigenvalue weighted by Gasteiger charge is 2.13. The van der Waals surface area contributed by atoms with Crippen molar-refractivity contribution in [1.82, 2.24) is 9.88 Å². The van der Waals surface area contributed by atoms with Crippen LogP contribution in [-0.2, 0) is 17.8 Å². The Kier molecular flexibility index (Phi) is 4.20. The Bertz CT molecular complexity index is 776. The molecule has 1 heterocycles. The molecule has 0 unspecified atom stereocenters. The second kappa shape index (κ2) is 6.28. The van der Waals surface area contributed by atoms with E-state index in [4.69, 9.17) is 0 Å². The lowest BCUT2D eigenvalue weighted by molar-refractivity contribution is -0.129. The van der Waals surface area contributed by atoms with E-state index in [0.29, 0.717) is 13.0 Å². The molecular formula is C18H18N2OS. The van der Waals surface area contributed by atoms with E-state index in [0.717, 1.165) is 26.4 Å². The van der Waals surface area contributed by atoms with Crippen LogP contribution in [0.5, 0.6) is 0 Å². The number of carbonyl (C=O) groups is 1. The summed E-state index contributed by atoms with van der Waals surface area (Å²) in [5, 5.41) is 0.974. The predicted octanol–water partition coefficient (Wildman–Crippen LogP) is 3.81. The molecule has 1 aromatic heterocycles. The molecule has 0 aliphatic heterocycles. The minimum absolute atomic E-state index is 0.119. The fraction of sp³-hybridized carbons (Fsp3) is 0.222. The van der Waals surface area contributed by atoms with Gasteiger partial charge in [0.25, 0.3) is 0 Å². The topological polar surface area (TPSA) is 33.2 Å². The first-order chi connectivity index (χ1) is 10.6. The van der Waals surface area contributed by atoms with Gasteiger partial charge in [-0.05, 0) is 30.2 Å². The molecule has 4 heteroatoms. The van der Waals surface area contributed by atoms with Crippen LogP contribution in [0.15, 0.2) is 48.5 Å². The van der Waals surface area contributed by atoms with E-state index in [2.05, 4.69) is 11.1 Å². The fourth-order valence-electron chi connectivity index (χ4n) is 2.38. The molecule has 0 aliphatic carbocycles. The molecule has 0 aliphatic rings. The molecule has 0 saturated heterocycles. The van der Waals surface area contributed by atoms with Crippen LogP contribution >= 0.6 is 11.3 Å². The summed E-state index contributed by atoms with van der Waals surface area (Å²) in [6.45, 7) is 2.60. The first-order valence-corrected chi connectivity index (χ1v) is 8.08. The Hall–Kier alpha value is -2.20. The number of hydrogen-bond donors (Lipinski definition) is 0. The first-order valence-electron chi connectivity index (χ1n) is 7.26. The monoisotopic (exact) mass is 310 g/mol. The first kappa shape index (κ1) is 14.7. The molecule has 22 heavy (non-hydrogen) atoms. The van der Waals surface area contributed by atoms with Crippen molar-refractivity contribution in [3.63, 3.8) is 0 Å². The lowest BCUT2D eigenvalue weighted by Gasteiger charge is -2.16. The van der Waals surface area contributed by atoms with Crippen LogP contribution in [0.3, 0.4) is 0 Å². The Balaban J connectivity index is 1.69. The summed E-state index contributed by atoms with van der Waals surface area (Å²) in [6, 6.07) is 16.1. The zero-order chi connectivity index (χ0) is 15.5. The summed E-state index contributed by atoms with van der Waals surface area (Å²) < 4.78 is 1.16. The summed E-state index contributed by atoms with van der Waals surface area (Å²) in [5.74, 6) is 0.119. The number of fused-ring (bicyclic) bond motifs is 1. The second-order valence-electron chi connectivity index (χ2n) is 5.43. The van der Waals surface area contributed by atoms with Gasteiger partial charge >= 0.3 is 0 Å². The SMILES string of the molecule is Cc1ccccc1CC(=O)N(C)Cc1nc2ccccc2s1. The Labute approximate surface area is 134 Å². The number of amides is 1. The molecule has 3 rings (SSSR count). The van der Waals surface area contributed by atoms with Gasteiger partial charge in [-0.2, -0.15) is 0 Å². The fourth-order valence-corrected chi connectivity index (χ4v) is 3.41. The van der Waals surface area contributed by atoms with Gasteiger partial charge in [0.1, 0.15) is 5.01 Å². The number of rotatable bonds is 4. The molecule has 0 atom stereocenters. The molecule has 0 fully saturated rings. The standard InChI is InChI=1S/C18H18N2OS/c1-13-7-3-4-8-14(13)11-18(21)20(2)12-17-19-15-9-5-6-10-16(15)22-17/h3-10H,11-12H2,1-2H3. The third-order valence-electron chi connectivity index (χ3n) is 3.74. The minimum atomic E-state index is 0.119. The van der Waals surface area contributed by atoms with Gasteiger partial charge in [-0.15, -0.1) is 11.3 Å². The quantitative estimate of drug-likeness (QED) is 0.734. The summed E-state index contributed by atoms with van der Waals surface area (Å²) in [4.78, 5) is 18.7. The van der Waals surface area contributed by atoms with Crippen LogP contribution in [0, 0.1) is 6.92 Å². The largest absolute Gasteiger partial charge is 0.339 e. The van der Waals surface area contributed by atoms with Gasteiger partial charge in [0, 0.05) is 7.05 Å². The van der Waals surface area contributed by atoms with Crippen molar-refractivity contribution < 1.29 is 4.79 Å². The maximum atomic E-state index is 12.4. The lowest BCUT2D eigenvalue weighted by Crippen LogP contribution is -2.27. The number of benzene rings is 2. The van der Waals surface area contributed by atoms with E-state index in [1.165, 1.54) is 0 Å². The smallest absolute Gasteiger partial charge is 0.227 e. The third kappa shape index (κ3) is 3.17. The molecule has 0 spiro atoms. The Morgan fingerprint density at radius 1 is 1.14 bits per heavy atom. The normalized spacial score (nSPS) is 10.8. The average Bonchev–Trinajstić information content (AvgIpc) is 2.91. The Morgan fingerprint density at radius 2 is 1.86 bits per heavy atom. The van der Waals surface area contributed by atoms with Crippen molar-refractivity contribution in [1.29, 1.82) is 0 Å². The molecule has 2 aromatic carbocycles. The molecule has 112 valence electrons. The number of nitrogens with zero attached hydrogens (tertiary/aromatic N) is 2. The van der Waals surface area contributed by atoms with Gasteiger partial charge in [-0.3, -0.25) is 4.79 Å². The molecule has 0 bridgehead atoms. The second-order valence-corrected chi connectivity index (χ2v) is 6.54. The van der Waals surface area contributed by atoms with Crippen LogP contribution in [-0.4, -0.2) is 22.8 Å². The predicted molar refractivity (Wildman–Crippen MR) is 91.0 cm³/mol. The number of aromatic nitrogens is 1. The number of likely N-dealkylation sites (N-methyl/N-ethyl adjacent to an activating group) is 1. The molecule has 0 radical (unpaired) electrons. The summed E-state index contributed by atoms with van der Waals surface area (Å²) in [5.41, 5.74) is 3.25. The Morgan fingerprint density at radius 3 is 2.64 bits per heavy atom. The number of thiazole rings is 1. The summed E-state index contributed by atoms with van der Waals surface area (Å²) >= 11 is 1.65. The highest BCUT2D eigenvalue weighted by atomic mass is 32.1. The molecule has 1 amide bonds. The van der Waals surface area contributed by atoms with Gasteiger partial charge in [0.05, 0.1) is 23.2 Å². The van der Waals surface area contributed by atoms with E-state index >= 15 is 0 Å².